The highest BCUT2D eigenvalue weighted by atomic mass is 15.1. The SMILES string of the molecule is C1=CC2c3c(nc(-c4ccccc4)n3-c3ccc4c(c3)c3ccccc3n4-c3ccccc3)-c3ccncc3C2C=N1. The molecule has 198 valence electrons. The van der Waals surface area contributed by atoms with Crippen LogP contribution in [0.15, 0.2) is 139 Å². The highest BCUT2D eigenvalue weighted by molar-refractivity contribution is 6.10. The van der Waals surface area contributed by atoms with Gasteiger partial charge >= 0.3 is 0 Å². The number of hydrogen-bond donors (Lipinski definition) is 0. The molecular formula is C37H25N5. The maximum absolute atomic E-state index is 5.38. The molecule has 5 nitrogen and oxygen atoms in total. The molecule has 0 saturated heterocycles. The summed E-state index contributed by atoms with van der Waals surface area (Å²) in [6, 6.07) is 38.7. The predicted octanol–water partition coefficient (Wildman–Crippen LogP) is 8.48. The van der Waals surface area contributed by atoms with E-state index in [1.165, 1.54) is 33.1 Å². The van der Waals surface area contributed by atoms with Crippen molar-refractivity contribution in [3.63, 3.8) is 0 Å². The van der Waals surface area contributed by atoms with Gasteiger partial charge in [0.25, 0.3) is 0 Å². The lowest BCUT2D eigenvalue weighted by atomic mass is 9.76. The molecule has 3 aromatic heterocycles. The topological polar surface area (TPSA) is 48.0 Å². The van der Waals surface area contributed by atoms with Crippen LogP contribution in [0, 0.1) is 0 Å². The summed E-state index contributed by atoms with van der Waals surface area (Å²) >= 11 is 0. The van der Waals surface area contributed by atoms with E-state index in [9.17, 15) is 0 Å². The fourth-order valence-corrected chi connectivity index (χ4v) is 6.86. The second-order valence-electron chi connectivity index (χ2n) is 10.9. The van der Waals surface area contributed by atoms with Gasteiger partial charge < -0.3 is 4.57 Å². The van der Waals surface area contributed by atoms with Crippen LogP contribution >= 0.6 is 0 Å². The standard InChI is InChI=1S/C37H25N5/c1-3-9-24(10-4-1)37-40-35-28-17-19-38-22-31(28)32-23-39-20-18-29(32)36(35)42(37)26-15-16-34-30(21-26)27-13-7-8-14-33(27)41(34)25-11-5-2-6-12-25/h1-23,29,32H. The maximum atomic E-state index is 5.38. The number of hydrogen-bond acceptors (Lipinski definition) is 3. The molecular weight excluding hydrogens is 514 g/mol. The largest absolute Gasteiger partial charge is 0.309 e. The van der Waals surface area contributed by atoms with Crippen LogP contribution in [0.5, 0.6) is 0 Å². The summed E-state index contributed by atoms with van der Waals surface area (Å²) in [5, 5.41) is 2.44. The number of aromatic nitrogens is 4. The first kappa shape index (κ1) is 23.2. The van der Waals surface area contributed by atoms with Crippen molar-refractivity contribution in [1.82, 2.24) is 19.1 Å². The van der Waals surface area contributed by atoms with E-state index in [4.69, 9.17) is 4.98 Å². The van der Waals surface area contributed by atoms with Gasteiger partial charge in [-0.05, 0) is 48.0 Å². The Morgan fingerprint density at radius 2 is 1.43 bits per heavy atom. The number of fused-ring (bicyclic) bond motifs is 9. The van der Waals surface area contributed by atoms with E-state index in [1.807, 2.05) is 18.6 Å². The van der Waals surface area contributed by atoms with Gasteiger partial charge in [0.1, 0.15) is 5.82 Å². The zero-order valence-electron chi connectivity index (χ0n) is 22.7. The van der Waals surface area contributed by atoms with Gasteiger partial charge in [0.05, 0.1) is 22.4 Å². The van der Waals surface area contributed by atoms with Gasteiger partial charge in [0.15, 0.2) is 0 Å². The molecule has 0 fully saturated rings. The number of allylic oxidation sites excluding steroid dienone is 1. The number of nitrogens with zero attached hydrogens (tertiary/aromatic N) is 5. The van der Waals surface area contributed by atoms with Gasteiger partial charge in [-0.1, -0.05) is 72.8 Å². The van der Waals surface area contributed by atoms with Crippen molar-refractivity contribution in [3.05, 3.63) is 145 Å². The molecule has 2 atom stereocenters. The van der Waals surface area contributed by atoms with Crippen molar-refractivity contribution >= 4 is 28.0 Å². The van der Waals surface area contributed by atoms with Crippen molar-refractivity contribution in [2.75, 3.05) is 0 Å². The molecule has 0 saturated carbocycles. The average Bonchev–Trinajstić information content (AvgIpc) is 3.63. The first-order valence-electron chi connectivity index (χ1n) is 14.3. The molecule has 1 aliphatic heterocycles. The van der Waals surface area contributed by atoms with Crippen LogP contribution in [-0.4, -0.2) is 25.3 Å². The Kier molecular flexibility index (Phi) is 4.96. The Hall–Kier alpha value is -5.55. The first-order chi connectivity index (χ1) is 20.9. The van der Waals surface area contributed by atoms with Crippen LogP contribution in [0.4, 0.5) is 0 Å². The monoisotopic (exact) mass is 539 g/mol. The molecule has 2 aliphatic rings. The number of pyridine rings is 1. The van der Waals surface area contributed by atoms with Crippen LogP contribution in [0.3, 0.4) is 0 Å². The summed E-state index contributed by atoms with van der Waals surface area (Å²) in [6.45, 7) is 0. The van der Waals surface area contributed by atoms with Crippen molar-refractivity contribution in [3.8, 4) is 34.0 Å². The molecule has 0 spiro atoms. The Labute approximate surface area is 242 Å². The second kappa shape index (κ2) is 8.98. The highest BCUT2D eigenvalue weighted by Gasteiger charge is 2.38. The fourth-order valence-electron chi connectivity index (χ4n) is 6.86. The molecule has 7 aromatic rings. The van der Waals surface area contributed by atoms with Gasteiger partial charge in [-0.3, -0.25) is 14.5 Å². The molecule has 0 bridgehead atoms. The van der Waals surface area contributed by atoms with E-state index in [1.54, 1.807) is 0 Å². The minimum atomic E-state index is 0.0977. The fraction of sp³-hybridized carbons (Fsp3) is 0.0541. The van der Waals surface area contributed by atoms with E-state index in [-0.39, 0.29) is 11.8 Å². The molecule has 0 amide bonds. The predicted molar refractivity (Wildman–Crippen MR) is 170 cm³/mol. The van der Waals surface area contributed by atoms with Gasteiger partial charge in [0, 0.05) is 69.9 Å². The normalized spacial score (nSPS) is 16.9. The Balaban J connectivity index is 1.37. The summed E-state index contributed by atoms with van der Waals surface area (Å²) in [4.78, 5) is 14.4. The number of rotatable bonds is 3. The molecule has 9 rings (SSSR count). The molecule has 0 N–H and O–H groups in total. The van der Waals surface area contributed by atoms with Crippen LogP contribution in [0.1, 0.15) is 23.1 Å². The third kappa shape index (κ3) is 3.28. The lowest BCUT2D eigenvalue weighted by Crippen LogP contribution is -2.21. The van der Waals surface area contributed by atoms with Gasteiger partial charge in [0.2, 0.25) is 0 Å². The minimum Gasteiger partial charge on any atom is -0.309 e. The van der Waals surface area contributed by atoms with E-state index in [0.29, 0.717) is 0 Å². The summed E-state index contributed by atoms with van der Waals surface area (Å²) in [7, 11) is 0. The molecule has 4 heterocycles. The highest BCUT2D eigenvalue weighted by Crippen LogP contribution is 2.49. The van der Waals surface area contributed by atoms with Gasteiger partial charge in [-0.15, -0.1) is 0 Å². The maximum Gasteiger partial charge on any atom is 0.145 e. The Morgan fingerprint density at radius 3 is 2.31 bits per heavy atom. The van der Waals surface area contributed by atoms with Gasteiger partial charge in [-0.25, -0.2) is 4.98 Å². The molecule has 4 aromatic carbocycles. The summed E-state index contributed by atoms with van der Waals surface area (Å²) in [5.41, 5.74) is 10.2. The van der Waals surface area contributed by atoms with E-state index in [2.05, 4.69) is 141 Å². The second-order valence-corrected chi connectivity index (χ2v) is 10.9. The lowest BCUT2D eigenvalue weighted by molar-refractivity contribution is 0.714. The van der Waals surface area contributed by atoms with Crippen LogP contribution in [0.2, 0.25) is 0 Å². The number of para-hydroxylation sites is 2. The average molecular weight is 540 g/mol. The van der Waals surface area contributed by atoms with Crippen LogP contribution < -0.4 is 0 Å². The molecule has 2 unspecified atom stereocenters. The first-order valence-corrected chi connectivity index (χ1v) is 14.3. The molecule has 1 aliphatic carbocycles. The van der Waals surface area contributed by atoms with E-state index < -0.39 is 0 Å². The molecule has 5 heteroatoms. The van der Waals surface area contributed by atoms with E-state index in [0.717, 1.165) is 34.0 Å². The quantitative estimate of drug-likeness (QED) is 0.226. The van der Waals surface area contributed by atoms with Crippen molar-refractivity contribution in [2.45, 2.75) is 11.8 Å². The lowest BCUT2D eigenvalue weighted by Gasteiger charge is -2.31. The smallest absolute Gasteiger partial charge is 0.145 e. The molecule has 42 heavy (non-hydrogen) atoms. The zero-order valence-corrected chi connectivity index (χ0v) is 22.7. The Bertz CT molecular complexity index is 2200. The molecule has 0 radical (unpaired) electrons. The van der Waals surface area contributed by atoms with E-state index >= 15 is 0 Å². The third-order valence-electron chi connectivity index (χ3n) is 8.67. The summed E-state index contributed by atoms with van der Waals surface area (Å²) in [6.07, 6.45) is 10.0. The summed E-state index contributed by atoms with van der Waals surface area (Å²) < 4.78 is 4.73. The number of imidazole rings is 1. The summed E-state index contributed by atoms with van der Waals surface area (Å²) in [5.74, 6) is 1.14. The Morgan fingerprint density at radius 1 is 0.643 bits per heavy atom. The van der Waals surface area contributed by atoms with Crippen LogP contribution in [-0.2, 0) is 0 Å². The van der Waals surface area contributed by atoms with Crippen molar-refractivity contribution in [1.29, 1.82) is 0 Å². The number of benzene rings is 4. The van der Waals surface area contributed by atoms with Crippen molar-refractivity contribution < 1.29 is 0 Å². The zero-order chi connectivity index (χ0) is 27.6. The third-order valence-corrected chi connectivity index (χ3v) is 8.67. The van der Waals surface area contributed by atoms with Crippen molar-refractivity contribution in [2.24, 2.45) is 4.99 Å². The number of aliphatic imine (C=N–C) groups is 1. The van der Waals surface area contributed by atoms with Crippen LogP contribution in [0.25, 0.3) is 55.8 Å². The van der Waals surface area contributed by atoms with Gasteiger partial charge in [-0.2, -0.15) is 0 Å². The minimum absolute atomic E-state index is 0.0977.